The summed E-state index contributed by atoms with van der Waals surface area (Å²) in [5, 5.41) is 5.22. The Hall–Kier alpha value is -1.50. The van der Waals surface area contributed by atoms with Crippen LogP contribution < -0.4 is 10.9 Å². The third kappa shape index (κ3) is 3.33. The van der Waals surface area contributed by atoms with E-state index in [1.807, 2.05) is 31.2 Å². The van der Waals surface area contributed by atoms with Gasteiger partial charge < -0.3 is 5.73 Å². The van der Waals surface area contributed by atoms with Crippen molar-refractivity contribution in [1.82, 2.24) is 0 Å². The van der Waals surface area contributed by atoms with Gasteiger partial charge in [0.25, 0.3) is 0 Å². The molecule has 4 N–H and O–H groups in total. The van der Waals surface area contributed by atoms with Gasteiger partial charge in [0.2, 0.25) is 10.0 Å². The molecule has 0 atom stereocenters. The third-order valence-electron chi connectivity index (χ3n) is 2.86. The van der Waals surface area contributed by atoms with Crippen molar-refractivity contribution in [3.63, 3.8) is 0 Å². The van der Waals surface area contributed by atoms with Crippen LogP contribution in [0.2, 0.25) is 0 Å². The fourth-order valence-corrected chi connectivity index (χ4v) is 3.89. The van der Waals surface area contributed by atoms with Gasteiger partial charge in [-0.15, -0.1) is 0 Å². The maximum absolute atomic E-state index is 11.6. The molecule has 2 aromatic rings. The first-order valence-corrected chi connectivity index (χ1v) is 8.31. The first-order valence-electron chi connectivity index (χ1n) is 5.95. The average molecular weight is 308 g/mol. The van der Waals surface area contributed by atoms with E-state index in [1.165, 1.54) is 17.8 Å². The van der Waals surface area contributed by atoms with Crippen molar-refractivity contribution in [2.45, 2.75) is 28.5 Å². The van der Waals surface area contributed by atoms with Crippen LogP contribution in [-0.4, -0.2) is 8.42 Å². The predicted octanol–water partition coefficient (Wildman–Crippen LogP) is 2.68. The van der Waals surface area contributed by atoms with Gasteiger partial charge in [-0.2, -0.15) is 0 Å². The summed E-state index contributed by atoms with van der Waals surface area (Å²) in [6.07, 6.45) is 0. The minimum atomic E-state index is -3.77. The van der Waals surface area contributed by atoms with E-state index in [0.29, 0.717) is 11.3 Å². The number of aryl methyl sites for hydroxylation is 1. The molecule has 0 amide bonds. The molecule has 0 aromatic heterocycles. The summed E-state index contributed by atoms with van der Waals surface area (Å²) in [6, 6.07) is 11.1. The van der Waals surface area contributed by atoms with Crippen molar-refractivity contribution in [3.05, 3.63) is 47.5 Å². The Morgan fingerprint density at radius 3 is 2.40 bits per heavy atom. The minimum Gasteiger partial charge on any atom is -0.399 e. The summed E-state index contributed by atoms with van der Waals surface area (Å²) in [7, 11) is -3.77. The van der Waals surface area contributed by atoms with Crippen molar-refractivity contribution in [2.75, 3.05) is 5.73 Å². The third-order valence-corrected chi connectivity index (χ3v) is 5.03. The SMILES string of the molecule is Cc1cccc(Sc2cc(N)cc(S(N)(=O)=O)c2C)c1. The van der Waals surface area contributed by atoms with Crippen LogP contribution in [0, 0.1) is 13.8 Å². The molecular weight excluding hydrogens is 292 g/mol. The summed E-state index contributed by atoms with van der Waals surface area (Å²) >= 11 is 1.47. The van der Waals surface area contributed by atoms with Crippen LogP contribution in [0.5, 0.6) is 0 Å². The number of nitrogen functional groups attached to an aromatic ring is 1. The summed E-state index contributed by atoms with van der Waals surface area (Å²) in [5.74, 6) is 0. The number of sulfonamides is 1. The molecule has 0 aliphatic rings. The molecule has 106 valence electrons. The van der Waals surface area contributed by atoms with Crippen LogP contribution in [0.1, 0.15) is 11.1 Å². The second-order valence-electron chi connectivity index (χ2n) is 4.61. The average Bonchev–Trinajstić information content (AvgIpc) is 2.32. The van der Waals surface area contributed by atoms with Gasteiger partial charge in [0.05, 0.1) is 4.90 Å². The van der Waals surface area contributed by atoms with E-state index < -0.39 is 10.0 Å². The lowest BCUT2D eigenvalue weighted by Gasteiger charge is -2.11. The Labute approximate surface area is 123 Å². The van der Waals surface area contributed by atoms with Gasteiger partial charge in [0.15, 0.2) is 0 Å². The number of rotatable bonds is 3. The first-order chi connectivity index (χ1) is 9.27. The molecular formula is C14H16N2O2S2. The Balaban J connectivity index is 2.50. The molecule has 4 nitrogen and oxygen atoms in total. The number of benzene rings is 2. The number of nitrogens with two attached hydrogens (primary N) is 2. The monoisotopic (exact) mass is 308 g/mol. The lowest BCUT2D eigenvalue weighted by molar-refractivity contribution is 0.597. The number of hydrogen-bond donors (Lipinski definition) is 2. The van der Waals surface area contributed by atoms with Crippen molar-refractivity contribution >= 4 is 27.5 Å². The Morgan fingerprint density at radius 1 is 1.10 bits per heavy atom. The molecule has 0 aliphatic carbocycles. The van der Waals surface area contributed by atoms with Crippen LogP contribution in [0.3, 0.4) is 0 Å². The van der Waals surface area contributed by atoms with E-state index in [0.717, 1.165) is 15.4 Å². The van der Waals surface area contributed by atoms with E-state index in [9.17, 15) is 8.42 Å². The van der Waals surface area contributed by atoms with Crippen molar-refractivity contribution in [1.29, 1.82) is 0 Å². The van der Waals surface area contributed by atoms with Crippen LogP contribution in [-0.2, 0) is 10.0 Å². The molecule has 0 spiro atoms. The molecule has 2 rings (SSSR count). The molecule has 0 bridgehead atoms. The Bertz CT molecular complexity index is 756. The van der Waals surface area contributed by atoms with Crippen molar-refractivity contribution in [3.8, 4) is 0 Å². The second-order valence-corrected chi connectivity index (χ2v) is 7.25. The second kappa shape index (κ2) is 5.47. The maximum Gasteiger partial charge on any atom is 0.238 e. The fraction of sp³-hybridized carbons (Fsp3) is 0.143. The molecule has 0 saturated carbocycles. The van der Waals surface area contributed by atoms with Crippen LogP contribution in [0.4, 0.5) is 5.69 Å². The number of hydrogen-bond acceptors (Lipinski definition) is 4. The van der Waals surface area contributed by atoms with Gasteiger partial charge in [-0.05, 0) is 43.7 Å². The van der Waals surface area contributed by atoms with Gasteiger partial charge in [-0.1, -0.05) is 29.5 Å². The lowest BCUT2D eigenvalue weighted by Crippen LogP contribution is -2.14. The minimum absolute atomic E-state index is 0.0765. The summed E-state index contributed by atoms with van der Waals surface area (Å²) < 4.78 is 23.2. The molecule has 20 heavy (non-hydrogen) atoms. The van der Waals surface area contributed by atoms with Gasteiger partial charge >= 0.3 is 0 Å². The molecule has 6 heteroatoms. The summed E-state index contributed by atoms with van der Waals surface area (Å²) in [4.78, 5) is 1.89. The molecule has 0 heterocycles. The van der Waals surface area contributed by atoms with Crippen LogP contribution in [0.25, 0.3) is 0 Å². The molecule has 0 aliphatic heterocycles. The predicted molar refractivity (Wildman–Crippen MR) is 82.3 cm³/mol. The zero-order chi connectivity index (χ0) is 14.9. The molecule has 0 radical (unpaired) electrons. The largest absolute Gasteiger partial charge is 0.399 e. The lowest BCUT2D eigenvalue weighted by atomic mass is 10.2. The van der Waals surface area contributed by atoms with E-state index >= 15 is 0 Å². The fourth-order valence-electron chi connectivity index (χ4n) is 1.89. The first kappa shape index (κ1) is 14.9. The quantitative estimate of drug-likeness (QED) is 0.854. The van der Waals surface area contributed by atoms with Crippen LogP contribution >= 0.6 is 11.8 Å². The smallest absolute Gasteiger partial charge is 0.238 e. The van der Waals surface area contributed by atoms with E-state index in [2.05, 4.69) is 0 Å². The molecule has 0 fully saturated rings. The van der Waals surface area contributed by atoms with Crippen molar-refractivity contribution < 1.29 is 8.42 Å². The highest BCUT2D eigenvalue weighted by Crippen LogP contribution is 2.34. The highest BCUT2D eigenvalue weighted by Gasteiger charge is 2.16. The number of primary sulfonamides is 1. The summed E-state index contributed by atoms with van der Waals surface area (Å²) in [6.45, 7) is 3.74. The normalized spacial score (nSPS) is 11.6. The zero-order valence-corrected chi connectivity index (χ0v) is 12.9. The van der Waals surface area contributed by atoms with Gasteiger partial charge in [0.1, 0.15) is 0 Å². The number of anilines is 1. The standard InChI is InChI=1S/C14H16N2O2S2/c1-9-4-3-5-12(6-9)19-13-7-11(15)8-14(10(13)2)20(16,17)18/h3-8H,15H2,1-2H3,(H2,16,17,18). The maximum atomic E-state index is 11.6. The Morgan fingerprint density at radius 2 is 1.80 bits per heavy atom. The highest BCUT2D eigenvalue weighted by molar-refractivity contribution is 7.99. The van der Waals surface area contributed by atoms with Crippen LogP contribution in [0.15, 0.2) is 51.1 Å². The molecule has 0 saturated heterocycles. The topological polar surface area (TPSA) is 86.2 Å². The summed E-state index contributed by atoms with van der Waals surface area (Å²) in [5.41, 5.74) is 7.92. The highest BCUT2D eigenvalue weighted by atomic mass is 32.2. The van der Waals surface area contributed by atoms with Gasteiger partial charge in [-0.25, -0.2) is 13.6 Å². The van der Waals surface area contributed by atoms with E-state index in [1.54, 1.807) is 13.0 Å². The van der Waals surface area contributed by atoms with E-state index in [4.69, 9.17) is 10.9 Å². The van der Waals surface area contributed by atoms with E-state index in [-0.39, 0.29) is 4.90 Å². The molecule has 2 aromatic carbocycles. The van der Waals surface area contributed by atoms with Crippen molar-refractivity contribution in [2.24, 2.45) is 5.14 Å². The molecule has 0 unspecified atom stereocenters. The van der Waals surface area contributed by atoms with Gasteiger partial charge in [0, 0.05) is 15.5 Å². The van der Waals surface area contributed by atoms with Gasteiger partial charge in [-0.3, -0.25) is 0 Å². The zero-order valence-electron chi connectivity index (χ0n) is 11.3. The Kier molecular flexibility index (Phi) is 4.08.